The number of piperazine rings is 1. The number of benzene rings is 1. The van der Waals surface area contributed by atoms with Crippen LogP contribution in [-0.4, -0.2) is 58.8 Å². The van der Waals surface area contributed by atoms with Crippen LogP contribution in [-0.2, 0) is 22.7 Å². The molecule has 0 saturated carbocycles. The largest absolute Gasteiger partial charge is 0.354 e. The van der Waals surface area contributed by atoms with Gasteiger partial charge in [-0.15, -0.1) is 0 Å². The number of halogens is 1. The zero-order valence-electron chi connectivity index (χ0n) is 17.7. The number of carbonyl (C=O) groups excluding carboxylic acids is 2. The van der Waals surface area contributed by atoms with E-state index in [-0.39, 0.29) is 23.2 Å². The molecule has 2 atom stereocenters. The topological polar surface area (TPSA) is 68.8 Å². The molecule has 3 aliphatic heterocycles. The molecule has 2 aromatic rings. The van der Waals surface area contributed by atoms with Crippen LogP contribution in [0.15, 0.2) is 36.5 Å². The Labute approximate surface area is 198 Å². The molecule has 7 nitrogen and oxygen atoms in total. The number of thiol groups is 1. The highest BCUT2D eigenvalue weighted by Crippen LogP contribution is 2.39. The van der Waals surface area contributed by atoms with Gasteiger partial charge in [0.25, 0.3) is 0 Å². The molecule has 168 valence electrons. The van der Waals surface area contributed by atoms with Crippen LogP contribution in [0.2, 0.25) is 5.02 Å². The first-order valence-electron chi connectivity index (χ1n) is 11.0. The maximum absolute atomic E-state index is 12.3. The lowest BCUT2D eigenvalue weighted by atomic mass is 10.0. The molecular weight excluding hydrogens is 446 g/mol. The summed E-state index contributed by atoms with van der Waals surface area (Å²) in [5.41, 5.74) is 3.64. The number of aromatic nitrogens is 1. The van der Waals surface area contributed by atoms with Gasteiger partial charge in [-0.3, -0.25) is 24.7 Å². The molecule has 1 N–H and O–H groups in total. The van der Waals surface area contributed by atoms with Crippen LogP contribution in [0, 0.1) is 0 Å². The summed E-state index contributed by atoms with van der Waals surface area (Å²) in [6.45, 7) is 5.32. The van der Waals surface area contributed by atoms with Crippen molar-refractivity contribution in [2.75, 3.05) is 31.1 Å². The predicted molar refractivity (Wildman–Crippen MR) is 127 cm³/mol. The summed E-state index contributed by atoms with van der Waals surface area (Å²) in [6.07, 6.45) is 2.68. The number of amides is 2. The molecule has 2 amide bonds. The zero-order valence-corrected chi connectivity index (χ0v) is 19.4. The number of hydrogen-bond donors (Lipinski definition) is 2. The summed E-state index contributed by atoms with van der Waals surface area (Å²) in [7, 11) is 0. The van der Waals surface area contributed by atoms with Gasteiger partial charge in [0.1, 0.15) is 5.82 Å². The average Bonchev–Trinajstić information content (AvgIpc) is 3.10. The van der Waals surface area contributed by atoms with Gasteiger partial charge in [0.2, 0.25) is 11.8 Å². The van der Waals surface area contributed by atoms with Crippen molar-refractivity contribution >= 4 is 41.9 Å². The van der Waals surface area contributed by atoms with Gasteiger partial charge in [-0.25, -0.2) is 4.98 Å². The molecule has 1 aromatic carbocycles. The number of piperidine rings is 1. The van der Waals surface area contributed by atoms with E-state index in [0.717, 1.165) is 44.1 Å². The van der Waals surface area contributed by atoms with Gasteiger partial charge in [0.05, 0.1) is 11.4 Å². The molecule has 0 aliphatic carbocycles. The van der Waals surface area contributed by atoms with Crippen LogP contribution >= 0.6 is 24.2 Å². The van der Waals surface area contributed by atoms with Gasteiger partial charge in [0.15, 0.2) is 0 Å². The van der Waals surface area contributed by atoms with Crippen LogP contribution in [0.25, 0.3) is 0 Å². The Hall–Kier alpha value is -2.13. The van der Waals surface area contributed by atoms with E-state index in [1.54, 1.807) is 12.3 Å². The molecule has 5 rings (SSSR count). The Balaban J connectivity index is 1.21. The molecule has 0 bridgehead atoms. The number of nitrogens with one attached hydrogen (secondary N) is 1. The van der Waals surface area contributed by atoms with E-state index in [0.29, 0.717) is 24.4 Å². The molecule has 1 aromatic heterocycles. The zero-order chi connectivity index (χ0) is 22.2. The third-order valence-corrected chi connectivity index (χ3v) is 7.38. The molecule has 32 heavy (non-hydrogen) atoms. The fourth-order valence-electron chi connectivity index (χ4n) is 4.85. The predicted octanol–water partition coefficient (Wildman–Crippen LogP) is 2.61. The third kappa shape index (κ3) is 4.37. The highest BCUT2D eigenvalue weighted by Gasteiger charge is 2.39. The van der Waals surface area contributed by atoms with Gasteiger partial charge in [-0.2, -0.15) is 12.6 Å². The second-order valence-corrected chi connectivity index (χ2v) is 9.57. The minimum atomic E-state index is -0.306. The standard InChI is InChI=1S/C23H26ClN5O2S/c24-17-5-6-25-20(12-17)28-9-7-27(8-10-28)13-15-1-2-18-16(11-15)14-29(23(18)32)19-3-4-21(30)26-22(19)31/h1-2,5-6,11-12,19,23,32H,3-4,7-10,13-14H2,(H,26,30,31). The monoisotopic (exact) mass is 471 g/mol. The van der Waals surface area contributed by atoms with Crippen LogP contribution in [0.3, 0.4) is 0 Å². The summed E-state index contributed by atoms with van der Waals surface area (Å²) in [5, 5.41) is 3.05. The number of rotatable bonds is 4. The Bertz CT molecular complexity index is 1040. The molecule has 0 spiro atoms. The summed E-state index contributed by atoms with van der Waals surface area (Å²) in [6, 6.07) is 9.96. The van der Waals surface area contributed by atoms with E-state index in [1.165, 1.54) is 11.1 Å². The number of pyridine rings is 1. The summed E-state index contributed by atoms with van der Waals surface area (Å²) in [4.78, 5) is 35.1. The second-order valence-electron chi connectivity index (χ2n) is 8.64. The fourth-order valence-corrected chi connectivity index (χ4v) is 5.50. The van der Waals surface area contributed by atoms with E-state index < -0.39 is 0 Å². The highest BCUT2D eigenvalue weighted by molar-refractivity contribution is 7.80. The summed E-state index contributed by atoms with van der Waals surface area (Å²) < 4.78 is 0. The van der Waals surface area contributed by atoms with Crippen molar-refractivity contribution in [2.24, 2.45) is 0 Å². The van der Waals surface area contributed by atoms with Crippen LogP contribution in [0.5, 0.6) is 0 Å². The Morgan fingerprint density at radius 3 is 2.69 bits per heavy atom. The number of fused-ring (bicyclic) bond motifs is 1. The van der Waals surface area contributed by atoms with Crippen molar-refractivity contribution in [3.05, 3.63) is 58.2 Å². The van der Waals surface area contributed by atoms with Gasteiger partial charge >= 0.3 is 0 Å². The smallest absolute Gasteiger partial charge is 0.243 e. The molecule has 2 unspecified atom stereocenters. The van der Waals surface area contributed by atoms with Gasteiger partial charge < -0.3 is 4.90 Å². The number of carbonyl (C=O) groups is 2. The van der Waals surface area contributed by atoms with E-state index in [4.69, 9.17) is 24.2 Å². The Morgan fingerprint density at radius 1 is 1.12 bits per heavy atom. The number of hydrogen-bond acceptors (Lipinski definition) is 7. The molecule has 4 heterocycles. The molecule has 0 radical (unpaired) electrons. The number of anilines is 1. The van der Waals surface area contributed by atoms with E-state index in [2.05, 4.69) is 43.2 Å². The minimum Gasteiger partial charge on any atom is -0.354 e. The van der Waals surface area contributed by atoms with Crippen molar-refractivity contribution in [3.63, 3.8) is 0 Å². The van der Waals surface area contributed by atoms with Crippen molar-refractivity contribution in [2.45, 2.75) is 37.3 Å². The molecule has 2 saturated heterocycles. The fraction of sp³-hybridized carbons (Fsp3) is 0.435. The minimum absolute atomic E-state index is 0.128. The maximum Gasteiger partial charge on any atom is 0.243 e. The van der Waals surface area contributed by atoms with Crippen molar-refractivity contribution in [3.8, 4) is 0 Å². The van der Waals surface area contributed by atoms with Crippen molar-refractivity contribution < 1.29 is 9.59 Å². The molecule has 2 fully saturated rings. The third-order valence-electron chi connectivity index (χ3n) is 6.57. The lowest BCUT2D eigenvalue weighted by molar-refractivity contribution is -0.137. The van der Waals surface area contributed by atoms with Crippen molar-refractivity contribution in [1.29, 1.82) is 0 Å². The Kier molecular flexibility index (Phi) is 6.11. The lowest BCUT2D eigenvalue weighted by Crippen LogP contribution is -2.51. The van der Waals surface area contributed by atoms with Crippen LogP contribution < -0.4 is 10.2 Å². The van der Waals surface area contributed by atoms with Crippen LogP contribution in [0.4, 0.5) is 5.82 Å². The van der Waals surface area contributed by atoms with E-state index in [9.17, 15) is 9.59 Å². The first-order chi connectivity index (χ1) is 15.5. The molecular formula is C23H26ClN5O2S. The summed E-state index contributed by atoms with van der Waals surface area (Å²) >= 11 is 10.9. The quantitative estimate of drug-likeness (QED) is 0.527. The normalized spacial score (nSPS) is 24.5. The number of nitrogens with zero attached hydrogens (tertiary/aromatic N) is 4. The molecule has 3 aliphatic rings. The van der Waals surface area contributed by atoms with Crippen molar-refractivity contribution in [1.82, 2.24) is 20.1 Å². The van der Waals surface area contributed by atoms with Gasteiger partial charge in [-0.05, 0) is 35.2 Å². The van der Waals surface area contributed by atoms with Gasteiger partial charge in [0, 0.05) is 56.9 Å². The average molecular weight is 472 g/mol. The van der Waals surface area contributed by atoms with E-state index >= 15 is 0 Å². The van der Waals surface area contributed by atoms with Gasteiger partial charge in [-0.1, -0.05) is 29.8 Å². The lowest BCUT2D eigenvalue weighted by Gasteiger charge is -2.35. The summed E-state index contributed by atoms with van der Waals surface area (Å²) in [5.74, 6) is 0.538. The first-order valence-corrected chi connectivity index (χ1v) is 11.9. The molecule has 9 heteroatoms. The van der Waals surface area contributed by atoms with E-state index in [1.807, 2.05) is 6.07 Å². The maximum atomic E-state index is 12.3. The number of imide groups is 1. The Morgan fingerprint density at radius 2 is 1.94 bits per heavy atom. The SMILES string of the molecule is O=C1CCC(N2Cc3cc(CN4CCN(c5cc(Cl)ccn5)CC4)ccc3C2S)C(=O)N1. The highest BCUT2D eigenvalue weighted by atomic mass is 35.5. The second kappa shape index (κ2) is 9.02. The first kappa shape index (κ1) is 21.7. The van der Waals surface area contributed by atoms with Crippen LogP contribution in [0.1, 0.15) is 34.9 Å².